The summed E-state index contributed by atoms with van der Waals surface area (Å²) < 4.78 is 5.87. The summed E-state index contributed by atoms with van der Waals surface area (Å²) in [5.74, 6) is 0. The van der Waals surface area contributed by atoms with Gasteiger partial charge in [-0.25, -0.2) is 0 Å². The molecule has 3 rings (SSSR count). The molecule has 2 unspecified atom stereocenters. The molecular formula is C16H24N2O. The van der Waals surface area contributed by atoms with Gasteiger partial charge in [-0.2, -0.15) is 0 Å². The number of rotatable bonds is 3. The molecule has 3 heteroatoms. The van der Waals surface area contributed by atoms with Crippen LogP contribution in [0.2, 0.25) is 0 Å². The number of morpholine rings is 1. The SMILES string of the molecule is CC[C@@H](N)c1ccc(N2CCOC3CCCC32)cc1. The number of anilines is 1. The first-order chi connectivity index (χ1) is 9.29. The van der Waals surface area contributed by atoms with Crippen LogP contribution in [0.5, 0.6) is 0 Å². The third-order valence-corrected chi connectivity index (χ3v) is 4.57. The maximum absolute atomic E-state index is 6.07. The van der Waals surface area contributed by atoms with Crippen LogP contribution in [-0.2, 0) is 4.74 Å². The topological polar surface area (TPSA) is 38.5 Å². The highest BCUT2D eigenvalue weighted by molar-refractivity contribution is 5.50. The van der Waals surface area contributed by atoms with Crippen molar-refractivity contribution in [3.8, 4) is 0 Å². The zero-order chi connectivity index (χ0) is 13.2. The van der Waals surface area contributed by atoms with Crippen LogP contribution in [0.1, 0.15) is 44.2 Å². The van der Waals surface area contributed by atoms with Gasteiger partial charge >= 0.3 is 0 Å². The number of ether oxygens (including phenoxy) is 1. The average Bonchev–Trinajstić information content (AvgIpc) is 2.95. The van der Waals surface area contributed by atoms with Crippen molar-refractivity contribution < 1.29 is 4.74 Å². The Balaban J connectivity index is 1.77. The van der Waals surface area contributed by atoms with E-state index < -0.39 is 0 Å². The van der Waals surface area contributed by atoms with Crippen LogP contribution < -0.4 is 10.6 Å². The maximum atomic E-state index is 6.07. The summed E-state index contributed by atoms with van der Waals surface area (Å²) in [6.45, 7) is 4.00. The van der Waals surface area contributed by atoms with Gasteiger partial charge in [0.2, 0.25) is 0 Å². The van der Waals surface area contributed by atoms with Crippen LogP contribution in [0, 0.1) is 0 Å². The van der Waals surface area contributed by atoms with Gasteiger partial charge in [-0.3, -0.25) is 0 Å². The highest BCUT2D eigenvalue weighted by Crippen LogP contribution is 2.33. The monoisotopic (exact) mass is 260 g/mol. The standard InChI is InChI=1S/C16H24N2O/c1-2-14(17)12-6-8-13(9-7-12)18-10-11-19-16-5-3-4-15(16)18/h6-9,14-16H,2-5,10-11,17H2,1H3/t14-,15?,16?/m1/s1. The summed E-state index contributed by atoms with van der Waals surface area (Å²) in [7, 11) is 0. The minimum absolute atomic E-state index is 0.165. The molecule has 2 fully saturated rings. The second-order valence-electron chi connectivity index (χ2n) is 5.71. The molecular weight excluding hydrogens is 236 g/mol. The Labute approximate surface area is 115 Å². The Morgan fingerprint density at radius 1 is 1.32 bits per heavy atom. The molecule has 0 spiro atoms. The van der Waals surface area contributed by atoms with Crippen molar-refractivity contribution in [2.75, 3.05) is 18.1 Å². The van der Waals surface area contributed by atoms with Crippen LogP contribution >= 0.6 is 0 Å². The molecule has 0 aromatic heterocycles. The Kier molecular flexibility index (Phi) is 3.76. The number of benzene rings is 1. The fourth-order valence-electron chi connectivity index (χ4n) is 3.39. The number of fused-ring (bicyclic) bond motifs is 1. The molecule has 1 aromatic rings. The van der Waals surface area contributed by atoms with Gasteiger partial charge in [0.05, 0.1) is 18.8 Å². The van der Waals surface area contributed by atoms with Gasteiger partial charge in [0, 0.05) is 18.3 Å². The number of hydrogen-bond acceptors (Lipinski definition) is 3. The van der Waals surface area contributed by atoms with E-state index in [1.165, 1.54) is 30.5 Å². The van der Waals surface area contributed by atoms with E-state index in [4.69, 9.17) is 10.5 Å². The molecule has 1 saturated heterocycles. The van der Waals surface area contributed by atoms with Gasteiger partial charge in [-0.05, 0) is 43.4 Å². The van der Waals surface area contributed by atoms with Crippen molar-refractivity contribution in [2.45, 2.75) is 50.8 Å². The molecule has 0 radical (unpaired) electrons. The zero-order valence-corrected chi connectivity index (χ0v) is 11.7. The third-order valence-electron chi connectivity index (χ3n) is 4.57. The zero-order valence-electron chi connectivity index (χ0n) is 11.7. The lowest BCUT2D eigenvalue weighted by Crippen LogP contribution is -2.48. The van der Waals surface area contributed by atoms with E-state index in [2.05, 4.69) is 36.1 Å². The molecule has 3 nitrogen and oxygen atoms in total. The summed E-state index contributed by atoms with van der Waals surface area (Å²) in [5.41, 5.74) is 8.64. The third kappa shape index (κ3) is 2.49. The summed E-state index contributed by atoms with van der Waals surface area (Å²) in [6, 6.07) is 9.57. The number of nitrogens with two attached hydrogens (primary N) is 1. The molecule has 1 aliphatic carbocycles. The summed E-state index contributed by atoms with van der Waals surface area (Å²) in [6.07, 6.45) is 5.22. The predicted molar refractivity (Wildman–Crippen MR) is 78.4 cm³/mol. The smallest absolute Gasteiger partial charge is 0.0779 e. The molecule has 1 aliphatic heterocycles. The van der Waals surface area contributed by atoms with Crippen LogP contribution in [0.3, 0.4) is 0 Å². The molecule has 19 heavy (non-hydrogen) atoms. The second-order valence-corrected chi connectivity index (χ2v) is 5.71. The first-order valence-electron chi connectivity index (χ1n) is 7.53. The summed E-state index contributed by atoms with van der Waals surface area (Å²) >= 11 is 0. The van der Waals surface area contributed by atoms with Crippen LogP contribution in [-0.4, -0.2) is 25.3 Å². The Morgan fingerprint density at radius 3 is 2.84 bits per heavy atom. The molecule has 0 amide bonds. The van der Waals surface area contributed by atoms with E-state index in [-0.39, 0.29) is 6.04 Å². The van der Waals surface area contributed by atoms with Crippen LogP contribution in [0.25, 0.3) is 0 Å². The Morgan fingerprint density at radius 2 is 2.11 bits per heavy atom. The first-order valence-corrected chi connectivity index (χ1v) is 7.53. The highest BCUT2D eigenvalue weighted by atomic mass is 16.5. The normalized spacial score (nSPS) is 28.2. The van der Waals surface area contributed by atoms with Crippen LogP contribution in [0.15, 0.2) is 24.3 Å². The van der Waals surface area contributed by atoms with Gasteiger partial charge in [-0.15, -0.1) is 0 Å². The summed E-state index contributed by atoms with van der Waals surface area (Å²) in [5, 5.41) is 0. The van der Waals surface area contributed by atoms with E-state index in [0.717, 1.165) is 19.6 Å². The second kappa shape index (κ2) is 5.51. The number of hydrogen-bond donors (Lipinski definition) is 1. The largest absolute Gasteiger partial charge is 0.374 e. The maximum Gasteiger partial charge on any atom is 0.0779 e. The fraction of sp³-hybridized carbons (Fsp3) is 0.625. The van der Waals surface area contributed by atoms with Crippen molar-refractivity contribution in [2.24, 2.45) is 5.73 Å². The van der Waals surface area contributed by atoms with Gasteiger partial charge < -0.3 is 15.4 Å². The van der Waals surface area contributed by atoms with E-state index >= 15 is 0 Å². The van der Waals surface area contributed by atoms with Crippen molar-refractivity contribution in [1.29, 1.82) is 0 Å². The average molecular weight is 260 g/mol. The molecule has 0 bridgehead atoms. The van der Waals surface area contributed by atoms with Gasteiger partial charge in [-0.1, -0.05) is 19.1 Å². The van der Waals surface area contributed by atoms with Gasteiger partial charge in [0.15, 0.2) is 0 Å². The summed E-state index contributed by atoms with van der Waals surface area (Å²) in [4.78, 5) is 2.53. The molecule has 2 aliphatic rings. The van der Waals surface area contributed by atoms with Crippen molar-refractivity contribution in [3.63, 3.8) is 0 Å². The van der Waals surface area contributed by atoms with E-state index in [0.29, 0.717) is 12.1 Å². The molecule has 1 heterocycles. The molecule has 2 N–H and O–H groups in total. The van der Waals surface area contributed by atoms with Gasteiger partial charge in [0.25, 0.3) is 0 Å². The van der Waals surface area contributed by atoms with E-state index in [9.17, 15) is 0 Å². The van der Waals surface area contributed by atoms with Gasteiger partial charge in [0.1, 0.15) is 0 Å². The lowest BCUT2D eigenvalue weighted by molar-refractivity contribution is 0.0256. The molecule has 3 atom stereocenters. The van der Waals surface area contributed by atoms with E-state index in [1.807, 2.05) is 0 Å². The Hall–Kier alpha value is -1.06. The molecule has 104 valence electrons. The number of nitrogens with zero attached hydrogens (tertiary/aromatic N) is 1. The minimum atomic E-state index is 0.165. The lowest BCUT2D eigenvalue weighted by atomic mass is 10.0. The predicted octanol–water partition coefficient (Wildman–Crippen LogP) is 2.85. The highest BCUT2D eigenvalue weighted by Gasteiger charge is 2.36. The van der Waals surface area contributed by atoms with E-state index in [1.54, 1.807) is 0 Å². The van der Waals surface area contributed by atoms with Crippen molar-refractivity contribution in [3.05, 3.63) is 29.8 Å². The quantitative estimate of drug-likeness (QED) is 0.908. The van der Waals surface area contributed by atoms with Crippen molar-refractivity contribution in [1.82, 2.24) is 0 Å². The molecule has 1 aromatic carbocycles. The lowest BCUT2D eigenvalue weighted by Gasteiger charge is -2.39. The fourth-order valence-corrected chi connectivity index (χ4v) is 3.39. The first kappa shape index (κ1) is 12.9. The van der Waals surface area contributed by atoms with Crippen LogP contribution in [0.4, 0.5) is 5.69 Å². The Bertz CT molecular complexity index is 417. The van der Waals surface area contributed by atoms with Crippen molar-refractivity contribution >= 4 is 5.69 Å². The molecule has 1 saturated carbocycles. The minimum Gasteiger partial charge on any atom is -0.374 e.